The molecule has 0 bridgehead atoms. The first-order valence-corrected chi connectivity index (χ1v) is 8.78. The summed E-state index contributed by atoms with van der Waals surface area (Å²) in [6.07, 6.45) is -0.0952. The van der Waals surface area contributed by atoms with Crippen LogP contribution in [-0.4, -0.2) is 44.2 Å². The Bertz CT molecular complexity index is 795. The van der Waals surface area contributed by atoms with Gasteiger partial charge < -0.3 is 23.5 Å². The summed E-state index contributed by atoms with van der Waals surface area (Å²) >= 11 is 0. The fraction of sp³-hybridized carbons (Fsp3) is 0.450. The first-order chi connectivity index (χ1) is 12.6. The van der Waals surface area contributed by atoms with E-state index in [0.29, 0.717) is 32.2 Å². The van der Waals surface area contributed by atoms with Gasteiger partial charge in [-0.2, -0.15) is 0 Å². The lowest BCUT2D eigenvalue weighted by Crippen LogP contribution is -2.33. The van der Waals surface area contributed by atoms with Crippen molar-refractivity contribution in [2.45, 2.75) is 26.0 Å². The highest BCUT2D eigenvalue weighted by atomic mass is 16.6. The minimum atomic E-state index is -0.110. The highest BCUT2D eigenvalue weighted by Gasteiger charge is 2.17. The quantitative estimate of drug-likeness (QED) is 0.793. The monoisotopic (exact) mass is 359 g/mol. The molecule has 140 valence electrons. The van der Waals surface area contributed by atoms with Crippen molar-refractivity contribution in [3.63, 3.8) is 0 Å². The molecular formula is C20H25NO5. The Morgan fingerprint density at radius 3 is 2.77 bits per heavy atom. The molecule has 2 aromatic rings. The van der Waals surface area contributed by atoms with Gasteiger partial charge in [-0.15, -0.1) is 0 Å². The van der Waals surface area contributed by atoms with E-state index in [9.17, 15) is 4.79 Å². The van der Waals surface area contributed by atoms with Crippen molar-refractivity contribution < 1.29 is 18.9 Å². The number of hydrogen-bond acceptors (Lipinski definition) is 5. The number of methoxy groups -OCH3 is 1. The van der Waals surface area contributed by atoms with Gasteiger partial charge in [0.25, 0.3) is 5.56 Å². The van der Waals surface area contributed by atoms with Crippen molar-refractivity contribution in [2.24, 2.45) is 0 Å². The van der Waals surface area contributed by atoms with Crippen LogP contribution in [0.15, 0.2) is 41.2 Å². The van der Waals surface area contributed by atoms with Crippen LogP contribution < -0.4 is 15.0 Å². The van der Waals surface area contributed by atoms with E-state index in [1.54, 1.807) is 11.7 Å². The second-order valence-electron chi connectivity index (χ2n) is 6.37. The topological polar surface area (TPSA) is 58.9 Å². The Balaban J connectivity index is 1.77. The maximum Gasteiger partial charge on any atom is 0.254 e. The maximum atomic E-state index is 12.7. The summed E-state index contributed by atoms with van der Waals surface area (Å²) in [5.41, 5.74) is 1.75. The van der Waals surface area contributed by atoms with E-state index in [1.165, 1.54) is 6.07 Å². The Kier molecular flexibility index (Phi) is 5.96. The summed E-state index contributed by atoms with van der Waals surface area (Å²) in [6.45, 7) is 5.99. The second-order valence-corrected chi connectivity index (χ2v) is 6.37. The Labute approximate surface area is 153 Å². The molecule has 1 aromatic carbocycles. The van der Waals surface area contributed by atoms with Crippen molar-refractivity contribution in [3.8, 4) is 11.5 Å². The van der Waals surface area contributed by atoms with Gasteiger partial charge in [-0.3, -0.25) is 4.79 Å². The molecule has 0 N–H and O–H groups in total. The molecule has 3 rings (SSSR count). The zero-order valence-electron chi connectivity index (χ0n) is 15.4. The number of aromatic nitrogens is 1. The molecule has 0 radical (unpaired) electrons. The lowest BCUT2D eigenvalue weighted by molar-refractivity contribution is -0.101. The van der Waals surface area contributed by atoms with Gasteiger partial charge in [-0.1, -0.05) is 12.1 Å². The SMILES string of the molecule is COc1cccc([C@@H](C)n2c(C)cc(OCC3COCCO3)cc2=O)c1. The molecule has 1 aromatic heterocycles. The molecule has 6 heteroatoms. The maximum absolute atomic E-state index is 12.7. The van der Waals surface area contributed by atoms with Crippen LogP contribution in [0, 0.1) is 6.92 Å². The van der Waals surface area contributed by atoms with Gasteiger partial charge in [0.15, 0.2) is 0 Å². The first-order valence-electron chi connectivity index (χ1n) is 8.78. The molecular weight excluding hydrogens is 334 g/mol. The number of benzene rings is 1. The van der Waals surface area contributed by atoms with Gasteiger partial charge >= 0.3 is 0 Å². The number of hydrogen-bond donors (Lipinski definition) is 0. The Morgan fingerprint density at radius 1 is 1.23 bits per heavy atom. The minimum Gasteiger partial charge on any atom is -0.497 e. The summed E-state index contributed by atoms with van der Waals surface area (Å²) in [4.78, 5) is 12.7. The van der Waals surface area contributed by atoms with Crippen LogP contribution in [0.5, 0.6) is 11.5 Å². The van der Waals surface area contributed by atoms with Crippen molar-refractivity contribution in [2.75, 3.05) is 33.5 Å². The predicted molar refractivity (Wildman–Crippen MR) is 98.3 cm³/mol. The fourth-order valence-corrected chi connectivity index (χ4v) is 3.13. The van der Waals surface area contributed by atoms with Gasteiger partial charge in [-0.25, -0.2) is 0 Å². The standard InChI is InChI=1S/C20H25NO5/c1-14-9-18(26-13-19-12-24-7-8-25-19)11-20(22)21(14)15(2)16-5-4-6-17(10-16)23-3/h4-6,9-11,15,19H,7-8,12-13H2,1-3H3/t15-,19?/m1/s1. The van der Waals surface area contributed by atoms with E-state index in [-0.39, 0.29) is 17.7 Å². The van der Waals surface area contributed by atoms with Crippen molar-refractivity contribution in [1.82, 2.24) is 4.57 Å². The van der Waals surface area contributed by atoms with Crippen LogP contribution in [0.25, 0.3) is 0 Å². The highest BCUT2D eigenvalue weighted by Crippen LogP contribution is 2.23. The molecule has 1 aliphatic heterocycles. The fourth-order valence-electron chi connectivity index (χ4n) is 3.13. The van der Waals surface area contributed by atoms with Gasteiger partial charge in [-0.05, 0) is 37.6 Å². The molecule has 2 heterocycles. The zero-order valence-corrected chi connectivity index (χ0v) is 15.4. The number of rotatable bonds is 6. The molecule has 1 fully saturated rings. The third kappa shape index (κ3) is 4.26. The molecule has 1 aliphatic rings. The van der Waals surface area contributed by atoms with Crippen LogP contribution in [0.2, 0.25) is 0 Å². The summed E-state index contributed by atoms with van der Waals surface area (Å²) < 4.78 is 23.7. The lowest BCUT2D eigenvalue weighted by Gasteiger charge is -2.23. The van der Waals surface area contributed by atoms with Gasteiger partial charge in [0.1, 0.15) is 24.2 Å². The molecule has 1 saturated heterocycles. The highest BCUT2D eigenvalue weighted by molar-refractivity contribution is 5.32. The number of nitrogens with zero attached hydrogens (tertiary/aromatic N) is 1. The Hall–Kier alpha value is -2.31. The van der Waals surface area contributed by atoms with Crippen molar-refractivity contribution in [1.29, 1.82) is 0 Å². The van der Waals surface area contributed by atoms with E-state index in [2.05, 4.69) is 0 Å². The van der Waals surface area contributed by atoms with Gasteiger partial charge in [0.05, 0.1) is 33.0 Å². The predicted octanol–water partition coefficient (Wildman–Crippen LogP) is 2.57. The summed E-state index contributed by atoms with van der Waals surface area (Å²) in [7, 11) is 1.63. The number of pyridine rings is 1. The third-order valence-corrected chi connectivity index (χ3v) is 4.52. The van der Waals surface area contributed by atoms with Crippen LogP contribution in [0.4, 0.5) is 0 Å². The average Bonchev–Trinajstić information content (AvgIpc) is 2.66. The molecule has 0 amide bonds. The van der Waals surface area contributed by atoms with E-state index in [0.717, 1.165) is 17.0 Å². The lowest BCUT2D eigenvalue weighted by atomic mass is 10.1. The van der Waals surface area contributed by atoms with Gasteiger partial charge in [0, 0.05) is 11.8 Å². The van der Waals surface area contributed by atoms with Crippen LogP contribution >= 0.6 is 0 Å². The minimum absolute atomic E-state index is 0.0952. The third-order valence-electron chi connectivity index (χ3n) is 4.52. The first kappa shape index (κ1) is 18.5. The molecule has 26 heavy (non-hydrogen) atoms. The van der Waals surface area contributed by atoms with E-state index in [4.69, 9.17) is 18.9 Å². The van der Waals surface area contributed by atoms with Crippen LogP contribution in [0.3, 0.4) is 0 Å². The second kappa shape index (κ2) is 8.38. The van der Waals surface area contributed by atoms with Gasteiger partial charge in [0.2, 0.25) is 0 Å². The molecule has 0 spiro atoms. The summed E-state index contributed by atoms with van der Waals surface area (Å²) in [5, 5.41) is 0. The average molecular weight is 359 g/mol. The van der Waals surface area contributed by atoms with E-state index < -0.39 is 0 Å². The zero-order chi connectivity index (χ0) is 18.5. The van der Waals surface area contributed by atoms with Crippen molar-refractivity contribution >= 4 is 0 Å². The summed E-state index contributed by atoms with van der Waals surface area (Å²) in [6, 6.07) is 11.0. The molecule has 6 nitrogen and oxygen atoms in total. The summed E-state index contributed by atoms with van der Waals surface area (Å²) in [5.74, 6) is 1.32. The number of ether oxygens (including phenoxy) is 4. The largest absolute Gasteiger partial charge is 0.497 e. The number of aryl methyl sites for hydroxylation is 1. The van der Waals surface area contributed by atoms with E-state index >= 15 is 0 Å². The van der Waals surface area contributed by atoms with Crippen LogP contribution in [-0.2, 0) is 9.47 Å². The molecule has 0 aliphatic carbocycles. The van der Waals surface area contributed by atoms with Crippen molar-refractivity contribution in [3.05, 3.63) is 58.0 Å². The normalized spacial score (nSPS) is 18.3. The van der Waals surface area contributed by atoms with Crippen LogP contribution in [0.1, 0.15) is 24.2 Å². The molecule has 2 atom stereocenters. The van der Waals surface area contributed by atoms with E-state index in [1.807, 2.05) is 44.2 Å². The molecule has 0 saturated carbocycles. The smallest absolute Gasteiger partial charge is 0.254 e. The molecule has 1 unspecified atom stereocenters. The Morgan fingerprint density at radius 2 is 2.08 bits per heavy atom.